The van der Waals surface area contributed by atoms with Gasteiger partial charge in [0.05, 0.1) is 18.6 Å². The van der Waals surface area contributed by atoms with Gasteiger partial charge in [0.2, 0.25) is 5.89 Å². The average Bonchev–Trinajstić information content (AvgIpc) is 3.23. The van der Waals surface area contributed by atoms with Crippen LogP contribution in [0.1, 0.15) is 49.1 Å². The Morgan fingerprint density at radius 3 is 3.00 bits per heavy atom. The lowest BCUT2D eigenvalue weighted by Crippen LogP contribution is -2.49. The summed E-state index contributed by atoms with van der Waals surface area (Å²) in [5.74, 6) is 2.76. The maximum Gasteiger partial charge on any atom is 0.229 e. The molecule has 1 unspecified atom stereocenters. The van der Waals surface area contributed by atoms with Gasteiger partial charge in [0.25, 0.3) is 0 Å². The number of likely N-dealkylation sites (tertiary alicyclic amines) is 1. The highest BCUT2D eigenvalue weighted by Gasteiger charge is 2.36. The van der Waals surface area contributed by atoms with Crippen LogP contribution >= 0.6 is 0 Å². The van der Waals surface area contributed by atoms with E-state index in [1.54, 1.807) is 0 Å². The van der Waals surface area contributed by atoms with Gasteiger partial charge >= 0.3 is 0 Å². The number of benzene rings is 1. The first kappa shape index (κ1) is 16.0. The molecule has 0 bridgehead atoms. The maximum absolute atomic E-state index is 11.1. The summed E-state index contributed by atoms with van der Waals surface area (Å²) in [7, 11) is 0. The van der Waals surface area contributed by atoms with Crippen LogP contribution in [0.25, 0.3) is 11.0 Å². The lowest BCUT2D eigenvalue weighted by Gasteiger charge is -2.38. The Kier molecular flexibility index (Phi) is 3.83. The fourth-order valence-electron chi connectivity index (χ4n) is 3.95. The van der Waals surface area contributed by atoms with Crippen molar-refractivity contribution in [3.05, 3.63) is 47.8 Å². The molecular weight excluding hydrogens is 330 g/mol. The van der Waals surface area contributed by atoms with E-state index in [1.807, 2.05) is 18.2 Å². The minimum Gasteiger partial charge on any atom is -0.460 e. The van der Waals surface area contributed by atoms with Crippen molar-refractivity contribution in [1.29, 1.82) is 0 Å². The largest absolute Gasteiger partial charge is 0.460 e. The van der Waals surface area contributed by atoms with E-state index in [-0.39, 0.29) is 0 Å². The van der Waals surface area contributed by atoms with E-state index in [0.29, 0.717) is 31.3 Å². The van der Waals surface area contributed by atoms with Gasteiger partial charge in [0, 0.05) is 17.8 Å². The number of piperidine rings is 1. The van der Waals surface area contributed by atoms with Crippen LogP contribution in [0.4, 0.5) is 0 Å². The fourth-order valence-corrected chi connectivity index (χ4v) is 3.95. The summed E-state index contributed by atoms with van der Waals surface area (Å²) in [5, 5.41) is 16.3. The number of fused-ring (bicyclic) bond motifs is 1. The molecule has 1 saturated heterocycles. The Hall–Kier alpha value is -2.18. The summed E-state index contributed by atoms with van der Waals surface area (Å²) in [6, 6.07) is 10.1. The second kappa shape index (κ2) is 6.21. The van der Waals surface area contributed by atoms with Crippen LogP contribution in [-0.4, -0.2) is 38.8 Å². The molecular formula is C20H23N3O3. The van der Waals surface area contributed by atoms with Crippen molar-refractivity contribution in [1.82, 2.24) is 15.0 Å². The molecule has 1 aromatic carbocycles. The van der Waals surface area contributed by atoms with Crippen molar-refractivity contribution in [3.63, 3.8) is 0 Å². The van der Waals surface area contributed by atoms with E-state index in [0.717, 1.165) is 54.8 Å². The van der Waals surface area contributed by atoms with Crippen LogP contribution in [0.5, 0.6) is 0 Å². The molecule has 0 radical (unpaired) electrons. The highest BCUT2D eigenvalue weighted by Crippen LogP contribution is 2.38. The molecule has 1 aliphatic carbocycles. The minimum atomic E-state index is -0.822. The van der Waals surface area contributed by atoms with Crippen molar-refractivity contribution in [3.8, 4) is 0 Å². The van der Waals surface area contributed by atoms with E-state index < -0.39 is 5.60 Å². The number of hydrogen-bond acceptors (Lipinski definition) is 6. The molecule has 136 valence electrons. The van der Waals surface area contributed by atoms with Gasteiger partial charge in [-0.25, -0.2) is 0 Å². The normalized spacial score (nSPS) is 24.3. The fraction of sp³-hybridized carbons (Fsp3) is 0.500. The van der Waals surface area contributed by atoms with Crippen LogP contribution in [0.3, 0.4) is 0 Å². The predicted molar refractivity (Wildman–Crippen MR) is 95.7 cm³/mol. The second-order valence-electron chi connectivity index (χ2n) is 7.79. The third kappa shape index (κ3) is 3.27. The molecule has 6 nitrogen and oxygen atoms in total. The van der Waals surface area contributed by atoms with Gasteiger partial charge in [-0.1, -0.05) is 23.4 Å². The van der Waals surface area contributed by atoms with Crippen molar-refractivity contribution >= 4 is 11.0 Å². The van der Waals surface area contributed by atoms with Crippen LogP contribution in [0.15, 0.2) is 39.3 Å². The molecule has 5 rings (SSSR count). The zero-order valence-electron chi connectivity index (χ0n) is 14.7. The Morgan fingerprint density at radius 1 is 1.27 bits per heavy atom. The number of aliphatic hydroxyl groups is 1. The molecule has 3 heterocycles. The van der Waals surface area contributed by atoms with E-state index >= 15 is 0 Å². The molecule has 2 aliphatic rings. The topological polar surface area (TPSA) is 75.5 Å². The summed E-state index contributed by atoms with van der Waals surface area (Å²) in [6.07, 6.45) is 4.41. The zero-order valence-corrected chi connectivity index (χ0v) is 14.7. The first-order valence-electron chi connectivity index (χ1n) is 9.42. The number of rotatable bonds is 5. The molecule has 1 saturated carbocycles. The lowest BCUT2D eigenvalue weighted by atomic mass is 9.89. The van der Waals surface area contributed by atoms with Gasteiger partial charge in [-0.3, -0.25) is 4.90 Å². The Balaban J connectivity index is 1.27. The van der Waals surface area contributed by atoms with Crippen LogP contribution in [-0.2, 0) is 13.0 Å². The van der Waals surface area contributed by atoms with Gasteiger partial charge < -0.3 is 14.0 Å². The van der Waals surface area contributed by atoms with E-state index in [2.05, 4.69) is 27.2 Å². The van der Waals surface area contributed by atoms with Gasteiger partial charge in [0.1, 0.15) is 11.3 Å². The molecule has 2 aromatic heterocycles. The molecule has 1 aliphatic heterocycles. The van der Waals surface area contributed by atoms with E-state index in [9.17, 15) is 5.11 Å². The molecule has 2 fully saturated rings. The Labute approximate surface area is 151 Å². The number of β-amino-alcohol motifs (C(OH)–C–C–N with tert-alkyl or cyclic N) is 1. The highest BCUT2D eigenvalue weighted by atomic mass is 16.5. The van der Waals surface area contributed by atoms with E-state index in [4.69, 9.17) is 8.94 Å². The third-order valence-electron chi connectivity index (χ3n) is 5.40. The third-order valence-corrected chi connectivity index (χ3v) is 5.40. The number of para-hydroxylation sites is 1. The summed E-state index contributed by atoms with van der Waals surface area (Å²) >= 11 is 0. The van der Waals surface area contributed by atoms with Gasteiger partial charge in [0.15, 0.2) is 5.82 Å². The molecule has 0 amide bonds. The maximum atomic E-state index is 11.1. The van der Waals surface area contributed by atoms with Crippen molar-refractivity contribution in [2.45, 2.75) is 50.2 Å². The summed E-state index contributed by atoms with van der Waals surface area (Å²) in [6.45, 7) is 2.25. The first-order chi connectivity index (χ1) is 12.7. The lowest BCUT2D eigenvalue weighted by molar-refractivity contribution is -0.0386. The molecule has 1 atom stereocenters. The van der Waals surface area contributed by atoms with E-state index in [1.165, 1.54) is 0 Å². The summed E-state index contributed by atoms with van der Waals surface area (Å²) in [4.78, 5) is 6.72. The number of nitrogens with zero attached hydrogens (tertiary/aromatic N) is 3. The predicted octanol–water partition coefficient (Wildman–Crippen LogP) is 3.26. The number of hydrogen-bond donors (Lipinski definition) is 1. The van der Waals surface area contributed by atoms with Crippen LogP contribution < -0.4 is 0 Å². The zero-order chi connectivity index (χ0) is 17.6. The van der Waals surface area contributed by atoms with Gasteiger partial charge in [-0.05, 0) is 44.4 Å². The summed E-state index contributed by atoms with van der Waals surface area (Å²) < 4.78 is 11.3. The molecule has 26 heavy (non-hydrogen) atoms. The number of aromatic nitrogens is 2. The average molecular weight is 353 g/mol. The monoisotopic (exact) mass is 353 g/mol. The summed E-state index contributed by atoms with van der Waals surface area (Å²) in [5.41, 5.74) is 0.0886. The quantitative estimate of drug-likeness (QED) is 0.759. The molecule has 6 heteroatoms. The van der Waals surface area contributed by atoms with Gasteiger partial charge in [-0.2, -0.15) is 4.98 Å². The smallest absolute Gasteiger partial charge is 0.229 e. The van der Waals surface area contributed by atoms with Crippen molar-refractivity contribution in [2.75, 3.05) is 13.1 Å². The van der Waals surface area contributed by atoms with Crippen LogP contribution in [0.2, 0.25) is 0 Å². The van der Waals surface area contributed by atoms with Crippen LogP contribution in [0, 0.1) is 0 Å². The first-order valence-corrected chi connectivity index (χ1v) is 9.42. The standard InChI is InChI=1S/C20H23N3O3/c24-20(11-18-21-19(22-26-18)14-6-7-14)8-3-9-23(13-20)12-16-10-15-4-1-2-5-17(15)25-16/h1-2,4-5,10,14,24H,3,6-9,11-13H2. The Bertz CT molecular complexity index is 881. The molecule has 3 aromatic rings. The minimum absolute atomic E-state index is 0.420. The molecule has 1 N–H and O–H groups in total. The SMILES string of the molecule is OC1(Cc2nc(C3CC3)no2)CCCN(Cc2cc3ccccc3o2)C1. The number of furan rings is 1. The van der Waals surface area contributed by atoms with Gasteiger partial charge in [-0.15, -0.1) is 0 Å². The van der Waals surface area contributed by atoms with Crippen molar-refractivity contribution in [2.24, 2.45) is 0 Å². The highest BCUT2D eigenvalue weighted by molar-refractivity contribution is 5.77. The molecule has 0 spiro atoms. The Morgan fingerprint density at radius 2 is 2.15 bits per heavy atom. The second-order valence-corrected chi connectivity index (χ2v) is 7.79. The van der Waals surface area contributed by atoms with Crippen molar-refractivity contribution < 1.29 is 14.0 Å².